The maximum absolute atomic E-state index is 5.40. The van der Waals surface area contributed by atoms with Crippen molar-refractivity contribution in [2.24, 2.45) is 7.05 Å². The van der Waals surface area contributed by atoms with Gasteiger partial charge in [-0.3, -0.25) is 19.9 Å². The summed E-state index contributed by atoms with van der Waals surface area (Å²) in [7, 11) is 2.01. The standard InChI is InChI=1S/C65H44N6.Pt/c1-42-16-10-17-43(2)59(42)44-31-35-66-58(38-44)64(56-29-8-5-23-50(56)53-26-14-33-68-61(53)64)47-20-11-18-45(39-47)63(55-28-7-4-22-49(55)52-25-13-32-67-60(52)63)46-19-12-21-48(40-46)65(71-37-36-70(3)41-71)57-30-9-6-24-51(57)54-27-15-34-69-62(54)65;/h4-38H,1-3H3;/q-2;. The number of fused-ring (bicyclic) bond motifs is 9. The van der Waals surface area contributed by atoms with Gasteiger partial charge < -0.3 is 9.13 Å². The fraction of sp³-hybridized carbons (Fsp3) is 0.0923. The molecule has 0 saturated heterocycles. The maximum atomic E-state index is 5.40. The predicted molar refractivity (Wildman–Crippen MR) is 276 cm³/mol. The van der Waals surface area contributed by atoms with Gasteiger partial charge in [-0.2, -0.15) is 48.5 Å². The van der Waals surface area contributed by atoms with Crippen LogP contribution in [0.2, 0.25) is 0 Å². The van der Waals surface area contributed by atoms with Crippen LogP contribution in [0.25, 0.3) is 44.5 Å². The van der Waals surface area contributed by atoms with Gasteiger partial charge in [0, 0.05) is 73.5 Å². The van der Waals surface area contributed by atoms with E-state index in [2.05, 4.69) is 201 Å². The average molecular weight is 1100 g/mol. The molecule has 5 heterocycles. The fourth-order valence-electron chi connectivity index (χ4n) is 12.7. The maximum Gasteiger partial charge on any atom is 0.204 e. The molecule has 72 heavy (non-hydrogen) atoms. The number of hydrogen-bond acceptors (Lipinski definition) is 4. The van der Waals surface area contributed by atoms with Gasteiger partial charge in [-0.15, -0.1) is 22.3 Å². The second-order valence-corrected chi connectivity index (χ2v) is 19.1. The Balaban J connectivity index is 0.00000504. The first-order valence-electron chi connectivity index (χ1n) is 24.2. The number of benzene rings is 6. The topological polar surface area (TPSA) is 60.4 Å². The number of aromatic nitrogens is 6. The molecule has 0 bridgehead atoms. The number of pyridine rings is 4. The van der Waals surface area contributed by atoms with Crippen molar-refractivity contribution < 1.29 is 25.6 Å². The molecule has 0 fully saturated rings. The molecule has 6 aromatic carbocycles. The van der Waals surface area contributed by atoms with Crippen LogP contribution in [0.15, 0.2) is 213 Å². The van der Waals surface area contributed by atoms with Gasteiger partial charge in [-0.05, 0) is 107 Å². The van der Waals surface area contributed by atoms with Crippen molar-refractivity contribution >= 4 is 0 Å². The fourth-order valence-corrected chi connectivity index (χ4v) is 12.7. The SMILES string of the molecule is Cc1cccc(C)c1-c1ccnc(C2(c3[c-]c(C4(c5[c-]c(C6(n7[c-][n+](C)cc7)c7ccccc7-c7cccnc76)ccc5)c5ccccc5-c5cccnc54)ccc3)c3ccccc3-c3cccnc32)c1.[Pt]. The smallest absolute Gasteiger partial charge is 0.204 e. The van der Waals surface area contributed by atoms with Crippen LogP contribution < -0.4 is 4.57 Å². The van der Waals surface area contributed by atoms with E-state index in [1.54, 1.807) is 0 Å². The number of imidazole rings is 1. The first-order valence-corrected chi connectivity index (χ1v) is 24.2. The Morgan fingerprint density at radius 2 is 0.917 bits per heavy atom. The minimum Gasteiger partial charge on any atom is -0.354 e. The van der Waals surface area contributed by atoms with Crippen LogP contribution in [0.3, 0.4) is 0 Å². The van der Waals surface area contributed by atoms with Crippen LogP contribution in [0, 0.1) is 32.3 Å². The second kappa shape index (κ2) is 16.4. The molecule has 3 aliphatic carbocycles. The summed E-state index contributed by atoms with van der Waals surface area (Å²) in [4.78, 5) is 21.3. The van der Waals surface area contributed by atoms with Gasteiger partial charge in [0.05, 0.1) is 29.5 Å². The van der Waals surface area contributed by atoms with E-state index in [4.69, 9.17) is 19.9 Å². The minimum absolute atomic E-state index is 0. The van der Waals surface area contributed by atoms with E-state index < -0.39 is 16.4 Å². The Hall–Kier alpha value is -8.18. The molecule has 0 spiro atoms. The summed E-state index contributed by atoms with van der Waals surface area (Å²) >= 11 is 0. The number of aryl methyl sites for hydroxylation is 3. The van der Waals surface area contributed by atoms with Gasteiger partial charge in [0.25, 0.3) is 0 Å². The Morgan fingerprint density at radius 3 is 1.53 bits per heavy atom. The zero-order chi connectivity index (χ0) is 47.5. The summed E-state index contributed by atoms with van der Waals surface area (Å²) in [5.41, 5.74) is 19.4. The third-order valence-corrected chi connectivity index (χ3v) is 15.5. The van der Waals surface area contributed by atoms with E-state index >= 15 is 0 Å². The third-order valence-electron chi connectivity index (χ3n) is 15.5. The van der Waals surface area contributed by atoms with Crippen LogP contribution in [0.1, 0.15) is 72.8 Å². The van der Waals surface area contributed by atoms with Crippen LogP contribution in [-0.4, -0.2) is 24.5 Å². The average Bonchev–Trinajstić information content (AvgIpc) is 4.16. The van der Waals surface area contributed by atoms with Gasteiger partial charge in [0.2, 0.25) is 6.33 Å². The van der Waals surface area contributed by atoms with Crippen LogP contribution in [0.4, 0.5) is 0 Å². The van der Waals surface area contributed by atoms with E-state index in [0.717, 1.165) is 101 Å². The molecule has 3 atom stereocenters. The normalized spacial score (nSPS) is 18.5. The first-order chi connectivity index (χ1) is 34.9. The molecule has 5 aromatic heterocycles. The number of hydrogen-bond donors (Lipinski definition) is 0. The van der Waals surface area contributed by atoms with Crippen molar-refractivity contribution in [3.63, 3.8) is 0 Å². The van der Waals surface area contributed by atoms with Crippen molar-refractivity contribution in [2.75, 3.05) is 0 Å². The van der Waals surface area contributed by atoms with Crippen LogP contribution in [0.5, 0.6) is 0 Å². The van der Waals surface area contributed by atoms with Gasteiger partial charge in [0.1, 0.15) is 5.69 Å². The van der Waals surface area contributed by atoms with Crippen molar-refractivity contribution in [1.82, 2.24) is 24.5 Å². The molecule has 0 radical (unpaired) electrons. The Labute approximate surface area is 433 Å². The summed E-state index contributed by atoms with van der Waals surface area (Å²) in [5.74, 6) is 0. The number of nitrogens with zero attached hydrogens (tertiary/aromatic N) is 6. The summed E-state index contributed by atoms with van der Waals surface area (Å²) in [5, 5.41) is 0. The molecule has 0 saturated carbocycles. The van der Waals surface area contributed by atoms with Gasteiger partial charge >= 0.3 is 0 Å². The zero-order valence-electron chi connectivity index (χ0n) is 39.7. The first kappa shape index (κ1) is 43.8. The molecule has 7 heteroatoms. The van der Waals surface area contributed by atoms with E-state index in [1.165, 1.54) is 16.7 Å². The van der Waals surface area contributed by atoms with Crippen molar-refractivity contribution in [3.8, 4) is 44.5 Å². The second-order valence-electron chi connectivity index (χ2n) is 19.1. The van der Waals surface area contributed by atoms with Gasteiger partial charge in [0.15, 0.2) is 5.54 Å². The quantitative estimate of drug-likeness (QED) is 0.118. The summed E-state index contributed by atoms with van der Waals surface area (Å²) < 4.78 is 4.15. The van der Waals surface area contributed by atoms with Crippen LogP contribution in [-0.2, 0) is 44.5 Å². The monoisotopic (exact) mass is 1100 g/mol. The van der Waals surface area contributed by atoms with E-state index in [0.29, 0.717) is 0 Å². The summed E-state index contributed by atoms with van der Waals surface area (Å²) in [6.07, 6.45) is 15.5. The molecular weight excluding hydrogens is 1060 g/mol. The largest absolute Gasteiger partial charge is 0.354 e. The van der Waals surface area contributed by atoms with Crippen molar-refractivity contribution in [1.29, 1.82) is 0 Å². The summed E-state index contributed by atoms with van der Waals surface area (Å²) in [6.45, 7) is 4.38. The van der Waals surface area contributed by atoms with E-state index in [-0.39, 0.29) is 21.1 Å². The molecule has 3 unspecified atom stereocenters. The molecule has 0 N–H and O–H groups in total. The Kier molecular flexibility index (Phi) is 10.0. The molecule has 0 amide bonds. The van der Waals surface area contributed by atoms with Crippen molar-refractivity contribution in [3.05, 3.63) is 304 Å². The molecule has 14 rings (SSSR count). The van der Waals surface area contributed by atoms with E-state index in [9.17, 15) is 0 Å². The zero-order valence-corrected chi connectivity index (χ0v) is 42.0. The molecular formula is C65H44N6Pt-2. The minimum atomic E-state index is -0.976. The third kappa shape index (κ3) is 5.78. The Bertz CT molecular complexity index is 3820. The molecule has 346 valence electrons. The molecule has 3 aliphatic rings. The van der Waals surface area contributed by atoms with E-state index in [1.807, 2.05) is 60.8 Å². The Morgan fingerprint density at radius 1 is 0.444 bits per heavy atom. The molecule has 0 aliphatic heterocycles. The molecule has 6 nitrogen and oxygen atoms in total. The number of rotatable bonds is 7. The van der Waals surface area contributed by atoms with Gasteiger partial charge in [-0.1, -0.05) is 109 Å². The van der Waals surface area contributed by atoms with Crippen molar-refractivity contribution in [2.45, 2.75) is 30.2 Å². The molecule has 11 aromatic rings. The summed E-state index contributed by atoms with van der Waals surface area (Å²) in [6, 6.07) is 71.5. The van der Waals surface area contributed by atoms with Crippen LogP contribution >= 0.6 is 0 Å². The predicted octanol–water partition coefficient (Wildman–Crippen LogP) is 12.1. The van der Waals surface area contributed by atoms with Gasteiger partial charge in [-0.25, -0.2) is 0 Å².